The average molecular weight is 210 g/mol. The molecule has 2 aliphatic rings. The van der Waals surface area contributed by atoms with Gasteiger partial charge in [-0.1, -0.05) is 12.2 Å². The minimum absolute atomic E-state index is 0.185. The highest BCUT2D eigenvalue weighted by atomic mass is 16.4. The van der Waals surface area contributed by atoms with Gasteiger partial charge < -0.3 is 10.4 Å². The predicted molar refractivity (Wildman–Crippen MR) is 57.7 cm³/mol. The van der Waals surface area contributed by atoms with Crippen LogP contribution < -0.4 is 5.32 Å². The molecule has 2 N–H and O–H groups in total. The summed E-state index contributed by atoms with van der Waals surface area (Å²) in [5.74, 6) is -0.839. The quantitative estimate of drug-likeness (QED) is 0.644. The highest BCUT2D eigenvalue weighted by Gasteiger charge is 2.27. The summed E-state index contributed by atoms with van der Waals surface area (Å²) in [7, 11) is 0. The zero-order valence-electron chi connectivity index (χ0n) is 8.85. The van der Waals surface area contributed by atoms with Gasteiger partial charge in [0.15, 0.2) is 0 Å². The van der Waals surface area contributed by atoms with Crippen molar-refractivity contribution in [3.63, 3.8) is 0 Å². The fraction of sp³-hybridized carbons (Fsp3) is 0.727. The zero-order valence-corrected chi connectivity index (χ0v) is 8.85. The van der Waals surface area contributed by atoms with Gasteiger partial charge in [-0.15, -0.1) is 0 Å². The maximum Gasteiger partial charge on any atom is 0.306 e. The van der Waals surface area contributed by atoms with Crippen LogP contribution >= 0.6 is 0 Å². The fourth-order valence-electron chi connectivity index (χ4n) is 2.35. The van der Waals surface area contributed by atoms with E-state index in [1.165, 1.54) is 0 Å². The van der Waals surface area contributed by atoms with Crippen LogP contribution in [0.15, 0.2) is 12.2 Å². The van der Waals surface area contributed by atoms with Gasteiger partial charge in [-0.05, 0) is 12.8 Å². The minimum Gasteiger partial charge on any atom is -0.481 e. The predicted octanol–water partition coefficient (Wildman–Crippen LogP) is 0.311. The van der Waals surface area contributed by atoms with Gasteiger partial charge in [0.25, 0.3) is 0 Å². The van der Waals surface area contributed by atoms with Crippen molar-refractivity contribution in [3.05, 3.63) is 12.2 Å². The van der Waals surface area contributed by atoms with E-state index in [9.17, 15) is 4.79 Å². The number of rotatable bonds is 2. The first-order valence-corrected chi connectivity index (χ1v) is 5.61. The SMILES string of the molecule is O=C(O)[C@H]1CC=C[C@@H](N2CCNCC2)C1. The van der Waals surface area contributed by atoms with E-state index in [2.05, 4.69) is 16.3 Å². The maximum absolute atomic E-state index is 10.9. The molecular formula is C11H18N2O2. The number of carboxylic acids is 1. The first-order chi connectivity index (χ1) is 7.27. The third kappa shape index (κ3) is 2.58. The van der Waals surface area contributed by atoms with E-state index in [-0.39, 0.29) is 5.92 Å². The van der Waals surface area contributed by atoms with E-state index in [0.29, 0.717) is 12.5 Å². The molecule has 1 heterocycles. The van der Waals surface area contributed by atoms with Crippen molar-refractivity contribution >= 4 is 5.97 Å². The molecule has 0 radical (unpaired) electrons. The van der Waals surface area contributed by atoms with Gasteiger partial charge in [-0.25, -0.2) is 0 Å². The zero-order chi connectivity index (χ0) is 10.7. The van der Waals surface area contributed by atoms with Crippen LogP contribution in [0.5, 0.6) is 0 Å². The second-order valence-electron chi connectivity index (χ2n) is 4.29. The second kappa shape index (κ2) is 4.77. The first kappa shape index (κ1) is 10.6. The molecule has 1 aliphatic carbocycles. The number of nitrogens with one attached hydrogen (secondary N) is 1. The van der Waals surface area contributed by atoms with Gasteiger partial charge in [0, 0.05) is 32.2 Å². The molecule has 0 aromatic carbocycles. The number of hydrogen-bond donors (Lipinski definition) is 2. The van der Waals surface area contributed by atoms with E-state index in [1.54, 1.807) is 0 Å². The van der Waals surface area contributed by atoms with Gasteiger partial charge in [0.1, 0.15) is 0 Å². The van der Waals surface area contributed by atoms with Crippen molar-refractivity contribution in [2.45, 2.75) is 18.9 Å². The van der Waals surface area contributed by atoms with Crippen molar-refractivity contribution in [3.8, 4) is 0 Å². The molecule has 4 nitrogen and oxygen atoms in total. The highest BCUT2D eigenvalue weighted by Crippen LogP contribution is 2.22. The molecule has 0 bridgehead atoms. The van der Waals surface area contributed by atoms with Crippen LogP contribution in [0.4, 0.5) is 0 Å². The Kier molecular flexibility index (Phi) is 3.38. The topological polar surface area (TPSA) is 52.6 Å². The molecule has 2 atom stereocenters. The number of carboxylic acid groups (broad SMARTS) is 1. The van der Waals surface area contributed by atoms with Crippen molar-refractivity contribution in [2.24, 2.45) is 5.92 Å². The number of nitrogens with zero attached hydrogens (tertiary/aromatic N) is 1. The molecule has 1 fully saturated rings. The average Bonchev–Trinajstić information content (AvgIpc) is 2.30. The molecule has 1 saturated heterocycles. The summed E-state index contributed by atoms with van der Waals surface area (Å²) < 4.78 is 0. The van der Waals surface area contributed by atoms with Crippen molar-refractivity contribution in [2.75, 3.05) is 26.2 Å². The van der Waals surface area contributed by atoms with Crippen molar-refractivity contribution in [1.82, 2.24) is 10.2 Å². The summed E-state index contributed by atoms with van der Waals surface area (Å²) in [6, 6.07) is 0.335. The summed E-state index contributed by atoms with van der Waals surface area (Å²) in [5.41, 5.74) is 0. The Bertz CT molecular complexity index is 259. The summed E-state index contributed by atoms with van der Waals surface area (Å²) in [4.78, 5) is 13.3. The Labute approximate surface area is 90.0 Å². The van der Waals surface area contributed by atoms with E-state index < -0.39 is 5.97 Å². The Morgan fingerprint density at radius 3 is 2.80 bits per heavy atom. The Morgan fingerprint density at radius 2 is 2.13 bits per heavy atom. The van der Waals surface area contributed by atoms with Crippen LogP contribution in [0.3, 0.4) is 0 Å². The lowest BCUT2D eigenvalue weighted by Gasteiger charge is -2.36. The third-order valence-electron chi connectivity index (χ3n) is 3.27. The van der Waals surface area contributed by atoms with E-state index in [4.69, 9.17) is 5.11 Å². The first-order valence-electron chi connectivity index (χ1n) is 5.61. The van der Waals surface area contributed by atoms with Crippen molar-refractivity contribution in [1.29, 1.82) is 0 Å². The van der Waals surface area contributed by atoms with Gasteiger partial charge in [-0.2, -0.15) is 0 Å². The Balaban J connectivity index is 1.94. The normalized spacial score (nSPS) is 32.8. The van der Waals surface area contributed by atoms with Crippen LogP contribution in [0.25, 0.3) is 0 Å². The number of allylic oxidation sites excluding steroid dienone is 1. The van der Waals surface area contributed by atoms with Gasteiger partial charge in [-0.3, -0.25) is 9.69 Å². The third-order valence-corrected chi connectivity index (χ3v) is 3.27. The lowest BCUT2D eigenvalue weighted by molar-refractivity contribution is -0.142. The van der Waals surface area contributed by atoms with Crippen LogP contribution in [0.2, 0.25) is 0 Å². The molecule has 84 valence electrons. The largest absolute Gasteiger partial charge is 0.481 e. The fourth-order valence-corrected chi connectivity index (χ4v) is 2.35. The molecule has 0 unspecified atom stereocenters. The molecule has 4 heteroatoms. The number of carbonyl (C=O) groups is 1. The van der Waals surface area contributed by atoms with Crippen LogP contribution in [0, 0.1) is 5.92 Å². The van der Waals surface area contributed by atoms with Gasteiger partial charge in [0.2, 0.25) is 0 Å². The molecule has 2 rings (SSSR count). The van der Waals surface area contributed by atoms with Crippen LogP contribution in [0.1, 0.15) is 12.8 Å². The van der Waals surface area contributed by atoms with Crippen LogP contribution in [-0.4, -0.2) is 48.2 Å². The molecule has 0 saturated carbocycles. The second-order valence-corrected chi connectivity index (χ2v) is 4.29. The summed E-state index contributed by atoms with van der Waals surface area (Å²) in [5, 5.41) is 12.3. The van der Waals surface area contributed by atoms with Crippen molar-refractivity contribution < 1.29 is 9.90 Å². The summed E-state index contributed by atoms with van der Waals surface area (Å²) >= 11 is 0. The number of aliphatic carboxylic acids is 1. The Morgan fingerprint density at radius 1 is 1.40 bits per heavy atom. The molecule has 0 aromatic heterocycles. The lowest BCUT2D eigenvalue weighted by Crippen LogP contribution is -2.49. The molecule has 0 amide bonds. The molecule has 0 spiro atoms. The summed E-state index contributed by atoms with van der Waals surface area (Å²) in [6.45, 7) is 4.09. The van der Waals surface area contributed by atoms with E-state index in [0.717, 1.165) is 32.6 Å². The Hall–Kier alpha value is -0.870. The standard InChI is InChI=1S/C11H18N2O2/c14-11(15)9-2-1-3-10(8-9)13-6-4-12-5-7-13/h1,3,9-10,12H,2,4-8H2,(H,14,15)/t9-,10+/m0/s1. The number of piperazine rings is 1. The molecular weight excluding hydrogens is 192 g/mol. The minimum atomic E-state index is -0.653. The maximum atomic E-state index is 10.9. The number of hydrogen-bond acceptors (Lipinski definition) is 3. The highest BCUT2D eigenvalue weighted by molar-refractivity contribution is 5.70. The summed E-state index contributed by atoms with van der Waals surface area (Å²) in [6.07, 6.45) is 5.66. The lowest BCUT2D eigenvalue weighted by atomic mass is 9.90. The molecule has 1 aliphatic heterocycles. The van der Waals surface area contributed by atoms with Gasteiger partial charge in [0.05, 0.1) is 5.92 Å². The molecule has 15 heavy (non-hydrogen) atoms. The smallest absolute Gasteiger partial charge is 0.306 e. The van der Waals surface area contributed by atoms with E-state index >= 15 is 0 Å². The monoisotopic (exact) mass is 210 g/mol. The van der Waals surface area contributed by atoms with Crippen LogP contribution in [-0.2, 0) is 4.79 Å². The molecule has 0 aromatic rings. The van der Waals surface area contributed by atoms with Gasteiger partial charge >= 0.3 is 5.97 Å². The van der Waals surface area contributed by atoms with E-state index in [1.807, 2.05) is 6.08 Å².